The van der Waals surface area contributed by atoms with Gasteiger partial charge in [0.05, 0.1) is 0 Å². The SMILES string of the molecule is NC(=O)c1ccc([C@H]2CC[C@@H](CC(=O)Nc3ccc(F)cc3)CC2)cc1. The molecule has 136 valence electrons. The highest BCUT2D eigenvalue weighted by Crippen LogP contribution is 2.37. The Kier molecular flexibility index (Phi) is 5.66. The van der Waals surface area contributed by atoms with E-state index in [0.29, 0.717) is 29.5 Å². The Labute approximate surface area is 152 Å². The van der Waals surface area contributed by atoms with Gasteiger partial charge in [-0.1, -0.05) is 12.1 Å². The van der Waals surface area contributed by atoms with Gasteiger partial charge in [-0.05, 0) is 79.5 Å². The van der Waals surface area contributed by atoms with Gasteiger partial charge < -0.3 is 11.1 Å². The van der Waals surface area contributed by atoms with Crippen molar-refractivity contribution < 1.29 is 14.0 Å². The molecular formula is C21H23FN2O2. The summed E-state index contributed by atoms with van der Waals surface area (Å²) in [6, 6.07) is 13.3. The normalized spacial score (nSPS) is 19.7. The van der Waals surface area contributed by atoms with Gasteiger partial charge in [0.15, 0.2) is 0 Å². The molecule has 0 aliphatic heterocycles. The van der Waals surface area contributed by atoms with E-state index < -0.39 is 5.91 Å². The summed E-state index contributed by atoms with van der Waals surface area (Å²) in [6.45, 7) is 0. The molecule has 2 aromatic carbocycles. The van der Waals surface area contributed by atoms with Gasteiger partial charge in [-0.15, -0.1) is 0 Å². The fourth-order valence-electron chi connectivity index (χ4n) is 3.63. The molecule has 1 saturated carbocycles. The van der Waals surface area contributed by atoms with Crippen LogP contribution in [0.1, 0.15) is 53.9 Å². The van der Waals surface area contributed by atoms with Gasteiger partial charge in [-0.25, -0.2) is 4.39 Å². The van der Waals surface area contributed by atoms with Crippen molar-refractivity contribution in [3.63, 3.8) is 0 Å². The maximum absolute atomic E-state index is 12.9. The molecule has 1 fully saturated rings. The first-order valence-electron chi connectivity index (χ1n) is 8.96. The predicted octanol–water partition coefficient (Wildman–Crippen LogP) is 4.23. The first-order chi connectivity index (χ1) is 12.5. The number of nitrogens with one attached hydrogen (secondary N) is 1. The van der Waals surface area contributed by atoms with Crippen molar-refractivity contribution >= 4 is 17.5 Å². The Morgan fingerprint density at radius 3 is 2.15 bits per heavy atom. The lowest BCUT2D eigenvalue weighted by Crippen LogP contribution is -2.20. The second-order valence-electron chi connectivity index (χ2n) is 6.96. The number of amides is 2. The number of benzene rings is 2. The van der Waals surface area contributed by atoms with E-state index in [1.165, 1.54) is 17.7 Å². The first kappa shape index (κ1) is 18.1. The van der Waals surface area contributed by atoms with Crippen LogP contribution in [0.4, 0.5) is 10.1 Å². The van der Waals surface area contributed by atoms with Crippen LogP contribution in [-0.4, -0.2) is 11.8 Å². The summed E-state index contributed by atoms with van der Waals surface area (Å²) in [4.78, 5) is 23.3. The third kappa shape index (κ3) is 4.69. The van der Waals surface area contributed by atoms with Crippen LogP contribution in [0.15, 0.2) is 48.5 Å². The summed E-state index contributed by atoms with van der Waals surface area (Å²) < 4.78 is 12.9. The average Bonchev–Trinajstić information content (AvgIpc) is 2.64. The average molecular weight is 354 g/mol. The lowest BCUT2D eigenvalue weighted by Gasteiger charge is -2.28. The lowest BCUT2D eigenvalue weighted by atomic mass is 9.77. The van der Waals surface area contributed by atoms with E-state index in [9.17, 15) is 14.0 Å². The van der Waals surface area contributed by atoms with E-state index in [1.807, 2.05) is 12.1 Å². The highest BCUT2D eigenvalue weighted by molar-refractivity contribution is 5.92. The first-order valence-corrected chi connectivity index (χ1v) is 8.96. The van der Waals surface area contributed by atoms with Gasteiger partial charge in [0.1, 0.15) is 5.82 Å². The standard InChI is InChI=1S/C21H23FN2O2/c22-18-9-11-19(12-10-18)24-20(25)13-14-1-3-15(4-2-14)16-5-7-17(8-6-16)21(23)26/h5-12,14-15H,1-4,13H2,(H2,23,26)(H,24,25)/t14-,15+. The smallest absolute Gasteiger partial charge is 0.248 e. The van der Waals surface area contributed by atoms with Crippen LogP contribution in [0.3, 0.4) is 0 Å². The number of hydrogen-bond acceptors (Lipinski definition) is 2. The Morgan fingerprint density at radius 1 is 0.962 bits per heavy atom. The summed E-state index contributed by atoms with van der Waals surface area (Å²) in [5.41, 5.74) is 7.65. The van der Waals surface area contributed by atoms with E-state index in [-0.39, 0.29) is 11.7 Å². The predicted molar refractivity (Wildman–Crippen MR) is 99.3 cm³/mol. The summed E-state index contributed by atoms with van der Waals surface area (Å²) in [5, 5.41) is 2.83. The van der Waals surface area contributed by atoms with Gasteiger partial charge in [-0.2, -0.15) is 0 Å². The summed E-state index contributed by atoms with van der Waals surface area (Å²) in [6.07, 6.45) is 4.55. The second kappa shape index (κ2) is 8.13. The molecule has 0 radical (unpaired) electrons. The van der Waals surface area contributed by atoms with E-state index in [4.69, 9.17) is 5.73 Å². The van der Waals surface area contributed by atoms with Crippen molar-refractivity contribution in [2.75, 3.05) is 5.32 Å². The zero-order valence-corrected chi connectivity index (χ0v) is 14.6. The molecular weight excluding hydrogens is 331 g/mol. The molecule has 2 amide bonds. The molecule has 0 unspecified atom stereocenters. The van der Waals surface area contributed by atoms with Gasteiger partial charge in [0.25, 0.3) is 0 Å². The fourth-order valence-corrected chi connectivity index (χ4v) is 3.63. The Bertz CT molecular complexity index is 764. The number of carbonyl (C=O) groups is 2. The van der Waals surface area contributed by atoms with Crippen molar-refractivity contribution in [3.05, 3.63) is 65.5 Å². The van der Waals surface area contributed by atoms with Crippen molar-refractivity contribution in [2.45, 2.75) is 38.0 Å². The van der Waals surface area contributed by atoms with Crippen LogP contribution < -0.4 is 11.1 Å². The molecule has 0 aromatic heterocycles. The van der Waals surface area contributed by atoms with Gasteiger partial charge in [0, 0.05) is 17.7 Å². The van der Waals surface area contributed by atoms with Crippen LogP contribution in [0.2, 0.25) is 0 Å². The highest BCUT2D eigenvalue weighted by Gasteiger charge is 2.24. The number of carbonyl (C=O) groups excluding carboxylic acids is 2. The number of hydrogen-bond donors (Lipinski definition) is 2. The third-order valence-corrected chi connectivity index (χ3v) is 5.12. The molecule has 0 bridgehead atoms. The van der Waals surface area contributed by atoms with E-state index in [1.54, 1.807) is 24.3 Å². The van der Waals surface area contributed by atoms with Crippen LogP contribution in [-0.2, 0) is 4.79 Å². The maximum atomic E-state index is 12.9. The van der Waals surface area contributed by atoms with Crippen molar-refractivity contribution in [1.29, 1.82) is 0 Å². The number of anilines is 1. The maximum Gasteiger partial charge on any atom is 0.248 e. The van der Waals surface area contributed by atoms with Crippen molar-refractivity contribution in [2.24, 2.45) is 11.7 Å². The molecule has 5 heteroatoms. The summed E-state index contributed by atoms with van der Waals surface area (Å²) in [7, 11) is 0. The molecule has 0 saturated heterocycles. The molecule has 26 heavy (non-hydrogen) atoms. The van der Waals surface area contributed by atoms with Crippen molar-refractivity contribution in [1.82, 2.24) is 0 Å². The number of nitrogens with two attached hydrogens (primary N) is 1. The Balaban J connectivity index is 1.48. The van der Waals surface area contributed by atoms with Gasteiger partial charge in [0.2, 0.25) is 11.8 Å². The van der Waals surface area contributed by atoms with E-state index >= 15 is 0 Å². The number of halogens is 1. The molecule has 3 rings (SSSR count). The molecule has 1 aliphatic carbocycles. The molecule has 1 aliphatic rings. The molecule has 4 nitrogen and oxygen atoms in total. The third-order valence-electron chi connectivity index (χ3n) is 5.12. The molecule has 0 heterocycles. The minimum atomic E-state index is -0.410. The molecule has 2 aromatic rings. The number of primary amides is 1. The largest absolute Gasteiger partial charge is 0.366 e. The van der Waals surface area contributed by atoms with Crippen LogP contribution >= 0.6 is 0 Å². The van der Waals surface area contributed by atoms with Gasteiger partial charge >= 0.3 is 0 Å². The summed E-state index contributed by atoms with van der Waals surface area (Å²) in [5.74, 6) is 0.0911. The molecule has 3 N–H and O–H groups in total. The summed E-state index contributed by atoms with van der Waals surface area (Å²) >= 11 is 0. The zero-order chi connectivity index (χ0) is 18.5. The van der Waals surface area contributed by atoms with E-state index in [0.717, 1.165) is 25.7 Å². The van der Waals surface area contributed by atoms with E-state index in [2.05, 4.69) is 5.32 Å². The molecule has 0 spiro atoms. The van der Waals surface area contributed by atoms with Crippen LogP contribution in [0.25, 0.3) is 0 Å². The quantitative estimate of drug-likeness (QED) is 0.843. The molecule has 0 atom stereocenters. The highest BCUT2D eigenvalue weighted by atomic mass is 19.1. The van der Waals surface area contributed by atoms with Crippen molar-refractivity contribution in [3.8, 4) is 0 Å². The monoisotopic (exact) mass is 354 g/mol. The zero-order valence-electron chi connectivity index (χ0n) is 14.6. The second-order valence-corrected chi connectivity index (χ2v) is 6.96. The van der Waals surface area contributed by atoms with Crippen LogP contribution in [0, 0.1) is 11.7 Å². The Hall–Kier alpha value is -2.69. The topological polar surface area (TPSA) is 72.2 Å². The minimum Gasteiger partial charge on any atom is -0.366 e. The fraction of sp³-hybridized carbons (Fsp3) is 0.333. The Morgan fingerprint density at radius 2 is 1.58 bits per heavy atom. The number of rotatable bonds is 5. The minimum absolute atomic E-state index is 0.0223. The van der Waals surface area contributed by atoms with Crippen LogP contribution in [0.5, 0.6) is 0 Å². The lowest BCUT2D eigenvalue weighted by molar-refractivity contribution is -0.117. The van der Waals surface area contributed by atoms with Gasteiger partial charge in [-0.3, -0.25) is 9.59 Å².